The maximum absolute atomic E-state index is 10.9. The molecule has 0 spiro atoms. The van der Waals surface area contributed by atoms with Crippen LogP contribution in [-0.2, 0) is 5.41 Å². The molecule has 0 aliphatic carbocycles. The summed E-state index contributed by atoms with van der Waals surface area (Å²) in [6, 6.07) is 4.31. The molecule has 0 atom stereocenters. The van der Waals surface area contributed by atoms with Gasteiger partial charge < -0.3 is 5.32 Å². The van der Waals surface area contributed by atoms with Gasteiger partial charge in [-0.2, -0.15) is 0 Å². The van der Waals surface area contributed by atoms with Crippen LogP contribution >= 0.6 is 15.9 Å². The van der Waals surface area contributed by atoms with Gasteiger partial charge in [0.25, 0.3) is 4.82 Å². The van der Waals surface area contributed by atoms with E-state index in [9.17, 15) is 4.79 Å². The lowest BCUT2D eigenvalue weighted by atomic mass is 9.80. The van der Waals surface area contributed by atoms with E-state index in [4.69, 9.17) is 0 Å². The molecular formula is C14H20BrNO. The third-order valence-electron chi connectivity index (χ3n) is 3.46. The summed E-state index contributed by atoms with van der Waals surface area (Å²) < 4.78 is 0. The zero-order valence-electron chi connectivity index (χ0n) is 11.1. The Kier molecular flexibility index (Phi) is 4.36. The normalized spacial score (nSPS) is 11.4. The van der Waals surface area contributed by atoms with Crippen molar-refractivity contribution in [3.05, 3.63) is 34.4 Å². The number of carbonyl (C=O) groups is 1. The first-order valence-electron chi connectivity index (χ1n) is 5.76. The number of hydrogen-bond donors (Lipinski definition) is 1. The molecule has 0 unspecified atom stereocenters. The molecule has 0 aliphatic rings. The molecule has 0 bridgehead atoms. The molecule has 1 aromatic rings. The van der Waals surface area contributed by atoms with Gasteiger partial charge in [0.1, 0.15) is 0 Å². The van der Waals surface area contributed by atoms with Crippen LogP contribution in [0, 0.1) is 20.8 Å². The van der Waals surface area contributed by atoms with Crippen LogP contribution in [-0.4, -0.2) is 11.4 Å². The molecule has 0 radical (unpaired) electrons. The Labute approximate surface area is 112 Å². The van der Waals surface area contributed by atoms with Crippen molar-refractivity contribution in [2.24, 2.45) is 0 Å². The van der Waals surface area contributed by atoms with Gasteiger partial charge in [-0.05, 0) is 43.0 Å². The fraction of sp³-hybridized carbons (Fsp3) is 0.500. The van der Waals surface area contributed by atoms with Gasteiger partial charge in [0.2, 0.25) is 0 Å². The average molecular weight is 298 g/mol. The van der Waals surface area contributed by atoms with Gasteiger partial charge in [0, 0.05) is 27.9 Å². The molecule has 1 amide bonds. The maximum atomic E-state index is 10.9. The van der Waals surface area contributed by atoms with E-state index in [1.807, 2.05) is 0 Å². The highest BCUT2D eigenvalue weighted by Crippen LogP contribution is 2.28. The second-order valence-electron chi connectivity index (χ2n) is 5.19. The Balaban J connectivity index is 3.06. The lowest BCUT2D eigenvalue weighted by Crippen LogP contribution is -2.34. The number of rotatable bonds is 3. The van der Waals surface area contributed by atoms with Crippen LogP contribution < -0.4 is 5.32 Å². The van der Waals surface area contributed by atoms with E-state index >= 15 is 0 Å². The fourth-order valence-electron chi connectivity index (χ4n) is 2.07. The molecule has 1 N–H and O–H groups in total. The van der Waals surface area contributed by atoms with Crippen molar-refractivity contribution in [1.29, 1.82) is 0 Å². The molecule has 94 valence electrons. The Morgan fingerprint density at radius 2 is 1.82 bits per heavy atom. The summed E-state index contributed by atoms with van der Waals surface area (Å²) in [7, 11) is 0. The van der Waals surface area contributed by atoms with E-state index in [-0.39, 0.29) is 10.2 Å². The number of aryl methyl sites for hydroxylation is 1. The molecule has 0 heterocycles. The van der Waals surface area contributed by atoms with Gasteiger partial charge >= 0.3 is 0 Å². The SMILES string of the molecule is Cc1ccc(C(C)(C)CNC(=O)Br)c(C)c1C. The number of nitrogens with one attached hydrogen (secondary N) is 1. The van der Waals surface area contributed by atoms with Crippen molar-refractivity contribution in [3.63, 3.8) is 0 Å². The zero-order valence-corrected chi connectivity index (χ0v) is 12.7. The van der Waals surface area contributed by atoms with Gasteiger partial charge in [0.05, 0.1) is 0 Å². The molecule has 0 aliphatic heterocycles. The largest absolute Gasteiger partial charge is 0.346 e. The smallest absolute Gasteiger partial charge is 0.287 e. The van der Waals surface area contributed by atoms with E-state index in [1.54, 1.807) is 0 Å². The Morgan fingerprint density at radius 1 is 1.24 bits per heavy atom. The summed E-state index contributed by atoms with van der Waals surface area (Å²) in [4.78, 5) is 10.8. The number of halogens is 1. The first-order valence-corrected chi connectivity index (χ1v) is 6.55. The van der Waals surface area contributed by atoms with Crippen LogP contribution in [0.3, 0.4) is 0 Å². The predicted octanol–water partition coefficient (Wildman–Crippen LogP) is 3.99. The van der Waals surface area contributed by atoms with Gasteiger partial charge in [-0.1, -0.05) is 26.0 Å². The van der Waals surface area contributed by atoms with E-state index in [1.165, 1.54) is 22.3 Å². The van der Waals surface area contributed by atoms with Crippen LogP contribution in [0.1, 0.15) is 36.1 Å². The summed E-state index contributed by atoms with van der Waals surface area (Å²) >= 11 is 2.89. The van der Waals surface area contributed by atoms with Gasteiger partial charge in [0.15, 0.2) is 0 Å². The van der Waals surface area contributed by atoms with Gasteiger partial charge in [-0.15, -0.1) is 0 Å². The van der Waals surface area contributed by atoms with E-state index in [2.05, 4.69) is 68.0 Å². The minimum atomic E-state index is -0.160. The Hall–Kier alpha value is -0.830. The number of carbonyl (C=O) groups excluding carboxylic acids is 1. The molecule has 2 nitrogen and oxygen atoms in total. The van der Waals surface area contributed by atoms with Crippen LogP contribution in [0.5, 0.6) is 0 Å². The molecular weight excluding hydrogens is 278 g/mol. The molecule has 0 aromatic heterocycles. The second kappa shape index (κ2) is 5.21. The quantitative estimate of drug-likeness (QED) is 0.663. The highest BCUT2D eigenvalue weighted by Gasteiger charge is 2.23. The Morgan fingerprint density at radius 3 is 2.35 bits per heavy atom. The predicted molar refractivity (Wildman–Crippen MR) is 76.0 cm³/mol. The first kappa shape index (κ1) is 14.2. The average Bonchev–Trinajstić information content (AvgIpc) is 2.23. The van der Waals surface area contributed by atoms with Crippen molar-refractivity contribution in [1.82, 2.24) is 5.32 Å². The third kappa shape index (κ3) is 3.32. The fourth-order valence-corrected chi connectivity index (χ4v) is 2.22. The third-order valence-corrected chi connectivity index (χ3v) is 3.74. The molecule has 17 heavy (non-hydrogen) atoms. The van der Waals surface area contributed by atoms with Crippen LogP contribution in [0.4, 0.5) is 4.79 Å². The van der Waals surface area contributed by atoms with E-state index < -0.39 is 0 Å². The standard InChI is InChI=1S/C14H20BrNO/c1-9-6-7-12(11(3)10(9)2)14(4,5)8-16-13(15)17/h6-7H,8H2,1-5H3,(H,16,17). The number of benzene rings is 1. The number of amides is 1. The monoisotopic (exact) mass is 297 g/mol. The van der Waals surface area contributed by atoms with Crippen molar-refractivity contribution >= 4 is 20.7 Å². The number of hydrogen-bond acceptors (Lipinski definition) is 1. The summed E-state index contributed by atoms with van der Waals surface area (Å²) in [5.74, 6) is 0. The summed E-state index contributed by atoms with van der Waals surface area (Å²) in [6.07, 6.45) is 0. The zero-order chi connectivity index (χ0) is 13.2. The highest BCUT2D eigenvalue weighted by atomic mass is 79.9. The second-order valence-corrected chi connectivity index (χ2v) is 5.91. The van der Waals surface area contributed by atoms with Crippen molar-refractivity contribution in [2.75, 3.05) is 6.54 Å². The molecule has 0 saturated carbocycles. The van der Waals surface area contributed by atoms with Crippen molar-refractivity contribution in [3.8, 4) is 0 Å². The molecule has 1 rings (SSSR count). The molecule has 3 heteroatoms. The highest BCUT2D eigenvalue weighted by molar-refractivity contribution is 9.18. The minimum Gasteiger partial charge on any atom is -0.346 e. The summed E-state index contributed by atoms with van der Waals surface area (Å²) in [6.45, 7) is 11.3. The Bertz CT molecular complexity index is 438. The molecule has 0 saturated heterocycles. The maximum Gasteiger partial charge on any atom is 0.287 e. The first-order chi connectivity index (χ1) is 7.75. The summed E-state index contributed by atoms with van der Waals surface area (Å²) in [5.41, 5.74) is 5.19. The lowest BCUT2D eigenvalue weighted by molar-refractivity contribution is 0.259. The van der Waals surface area contributed by atoms with Crippen molar-refractivity contribution < 1.29 is 4.79 Å². The van der Waals surface area contributed by atoms with Gasteiger partial charge in [-0.3, -0.25) is 4.79 Å². The van der Waals surface area contributed by atoms with E-state index in [0.717, 1.165) is 0 Å². The molecule has 0 fully saturated rings. The van der Waals surface area contributed by atoms with Gasteiger partial charge in [-0.25, -0.2) is 0 Å². The summed E-state index contributed by atoms with van der Waals surface area (Å²) in [5, 5.41) is 2.82. The minimum absolute atomic E-state index is 0.0635. The van der Waals surface area contributed by atoms with E-state index in [0.29, 0.717) is 6.54 Å². The topological polar surface area (TPSA) is 29.1 Å². The lowest BCUT2D eigenvalue weighted by Gasteiger charge is -2.28. The van der Waals surface area contributed by atoms with Crippen molar-refractivity contribution in [2.45, 2.75) is 40.0 Å². The molecule has 1 aromatic carbocycles. The van der Waals surface area contributed by atoms with Crippen LogP contribution in [0.15, 0.2) is 12.1 Å². The van der Waals surface area contributed by atoms with Crippen LogP contribution in [0.2, 0.25) is 0 Å². The van der Waals surface area contributed by atoms with Crippen LogP contribution in [0.25, 0.3) is 0 Å².